The minimum absolute atomic E-state index is 0.0985. The molecule has 1 aliphatic rings. The van der Waals surface area contributed by atoms with Crippen LogP contribution in [0.3, 0.4) is 0 Å². The largest absolute Gasteiger partial charge is 0.460 e. The van der Waals surface area contributed by atoms with E-state index in [2.05, 4.69) is 5.32 Å². The van der Waals surface area contributed by atoms with Crippen LogP contribution in [0.4, 0.5) is 0 Å². The average Bonchev–Trinajstić information content (AvgIpc) is 2.43. The summed E-state index contributed by atoms with van der Waals surface area (Å²) in [5.41, 5.74) is -0.362. The van der Waals surface area contributed by atoms with Gasteiger partial charge in [-0.05, 0) is 33.6 Å². The Morgan fingerprint density at radius 2 is 1.76 bits per heavy atom. The quantitative estimate of drug-likeness (QED) is 0.607. The molecule has 0 saturated heterocycles. The summed E-state index contributed by atoms with van der Waals surface area (Å²) in [6.45, 7) is 6.47. The van der Waals surface area contributed by atoms with Crippen molar-refractivity contribution in [2.75, 3.05) is 6.54 Å². The molecular weight excluding hydrogens is 214 g/mol. The van der Waals surface area contributed by atoms with Crippen molar-refractivity contribution in [3.05, 3.63) is 0 Å². The third kappa shape index (κ3) is 7.37. The summed E-state index contributed by atoms with van der Waals surface area (Å²) in [7, 11) is 0. The second-order valence-electron chi connectivity index (χ2n) is 5.98. The first-order valence-corrected chi connectivity index (χ1v) is 6.92. The van der Waals surface area contributed by atoms with Crippen LogP contribution in [0.1, 0.15) is 65.7 Å². The molecule has 0 bridgehead atoms. The predicted octanol–water partition coefficient (Wildman–Crippen LogP) is 3.03. The number of carbonyl (C=O) groups is 1. The monoisotopic (exact) mass is 241 g/mol. The minimum Gasteiger partial charge on any atom is -0.460 e. The Bertz CT molecular complexity index is 225. The SMILES string of the molecule is CC(C)(C)OC(=O)CCNC1CCCCCC1. The molecule has 0 heterocycles. The lowest BCUT2D eigenvalue weighted by molar-refractivity contribution is -0.154. The Balaban J connectivity index is 2.12. The number of rotatable bonds is 4. The van der Waals surface area contributed by atoms with Gasteiger partial charge in [-0.3, -0.25) is 4.79 Å². The second-order valence-corrected chi connectivity index (χ2v) is 5.98. The molecule has 0 aromatic rings. The van der Waals surface area contributed by atoms with E-state index in [1.165, 1.54) is 38.5 Å². The van der Waals surface area contributed by atoms with Crippen LogP contribution in [0, 0.1) is 0 Å². The van der Waals surface area contributed by atoms with E-state index < -0.39 is 0 Å². The van der Waals surface area contributed by atoms with E-state index in [-0.39, 0.29) is 11.6 Å². The molecule has 3 nitrogen and oxygen atoms in total. The molecule has 1 rings (SSSR count). The summed E-state index contributed by atoms with van der Waals surface area (Å²) in [6, 6.07) is 0.611. The molecule has 0 atom stereocenters. The smallest absolute Gasteiger partial charge is 0.307 e. The maximum atomic E-state index is 11.5. The number of nitrogens with one attached hydrogen (secondary N) is 1. The highest BCUT2D eigenvalue weighted by molar-refractivity contribution is 5.70. The highest BCUT2D eigenvalue weighted by atomic mass is 16.6. The summed E-state index contributed by atoms with van der Waals surface area (Å²) in [6.07, 6.45) is 8.37. The number of ether oxygens (including phenoxy) is 1. The van der Waals surface area contributed by atoms with Crippen LogP contribution in [-0.2, 0) is 9.53 Å². The molecule has 1 N–H and O–H groups in total. The van der Waals surface area contributed by atoms with E-state index in [0.29, 0.717) is 12.5 Å². The van der Waals surface area contributed by atoms with Gasteiger partial charge >= 0.3 is 5.97 Å². The van der Waals surface area contributed by atoms with Crippen molar-refractivity contribution in [2.24, 2.45) is 0 Å². The van der Waals surface area contributed by atoms with E-state index in [4.69, 9.17) is 4.74 Å². The first kappa shape index (κ1) is 14.5. The van der Waals surface area contributed by atoms with Crippen LogP contribution >= 0.6 is 0 Å². The van der Waals surface area contributed by atoms with Gasteiger partial charge in [-0.15, -0.1) is 0 Å². The summed E-state index contributed by atoms with van der Waals surface area (Å²) >= 11 is 0. The van der Waals surface area contributed by atoms with Crippen LogP contribution < -0.4 is 5.32 Å². The topological polar surface area (TPSA) is 38.3 Å². The maximum absolute atomic E-state index is 11.5. The number of carbonyl (C=O) groups excluding carboxylic acids is 1. The zero-order valence-corrected chi connectivity index (χ0v) is 11.6. The number of esters is 1. The van der Waals surface area contributed by atoms with Crippen molar-refractivity contribution in [3.8, 4) is 0 Å². The molecule has 17 heavy (non-hydrogen) atoms. The average molecular weight is 241 g/mol. The molecule has 1 saturated carbocycles. The van der Waals surface area contributed by atoms with Gasteiger partial charge in [0.05, 0.1) is 6.42 Å². The second kappa shape index (κ2) is 7.00. The zero-order valence-electron chi connectivity index (χ0n) is 11.6. The fourth-order valence-corrected chi connectivity index (χ4v) is 2.25. The van der Waals surface area contributed by atoms with Gasteiger partial charge in [-0.2, -0.15) is 0 Å². The Morgan fingerprint density at radius 1 is 1.18 bits per heavy atom. The minimum atomic E-state index is -0.362. The molecular formula is C14H27NO2. The predicted molar refractivity (Wildman–Crippen MR) is 70.0 cm³/mol. The standard InChI is InChI=1S/C14H27NO2/c1-14(2,3)17-13(16)10-11-15-12-8-6-4-5-7-9-12/h12,15H,4-11H2,1-3H3. The molecule has 0 unspecified atom stereocenters. The Hall–Kier alpha value is -0.570. The molecule has 0 amide bonds. The van der Waals surface area contributed by atoms with Crippen molar-refractivity contribution in [1.82, 2.24) is 5.32 Å². The van der Waals surface area contributed by atoms with Gasteiger partial charge in [0, 0.05) is 12.6 Å². The van der Waals surface area contributed by atoms with Crippen LogP contribution in [0.25, 0.3) is 0 Å². The van der Waals surface area contributed by atoms with Crippen LogP contribution in [0.15, 0.2) is 0 Å². The van der Waals surface area contributed by atoms with E-state index in [0.717, 1.165) is 6.54 Å². The van der Waals surface area contributed by atoms with E-state index in [1.807, 2.05) is 20.8 Å². The van der Waals surface area contributed by atoms with Crippen LogP contribution in [0.5, 0.6) is 0 Å². The lowest BCUT2D eigenvalue weighted by Gasteiger charge is -2.20. The highest BCUT2D eigenvalue weighted by Crippen LogP contribution is 2.17. The van der Waals surface area contributed by atoms with Gasteiger partial charge < -0.3 is 10.1 Å². The van der Waals surface area contributed by atoms with E-state index in [9.17, 15) is 4.79 Å². The molecule has 0 aliphatic heterocycles. The first-order chi connectivity index (χ1) is 7.97. The Labute approximate surface area is 105 Å². The fraction of sp³-hybridized carbons (Fsp3) is 0.929. The molecule has 3 heteroatoms. The highest BCUT2D eigenvalue weighted by Gasteiger charge is 2.16. The lowest BCUT2D eigenvalue weighted by Crippen LogP contribution is -2.32. The Morgan fingerprint density at radius 3 is 2.29 bits per heavy atom. The van der Waals surface area contributed by atoms with Crippen LogP contribution in [-0.4, -0.2) is 24.2 Å². The molecule has 1 fully saturated rings. The van der Waals surface area contributed by atoms with Crippen molar-refractivity contribution < 1.29 is 9.53 Å². The number of hydrogen-bond donors (Lipinski definition) is 1. The van der Waals surface area contributed by atoms with Gasteiger partial charge in [-0.1, -0.05) is 25.7 Å². The van der Waals surface area contributed by atoms with E-state index in [1.54, 1.807) is 0 Å². The fourth-order valence-electron chi connectivity index (χ4n) is 2.25. The number of hydrogen-bond acceptors (Lipinski definition) is 3. The van der Waals surface area contributed by atoms with Crippen molar-refractivity contribution >= 4 is 5.97 Å². The van der Waals surface area contributed by atoms with Crippen molar-refractivity contribution in [1.29, 1.82) is 0 Å². The summed E-state index contributed by atoms with van der Waals surface area (Å²) in [4.78, 5) is 11.5. The molecule has 1 aliphatic carbocycles. The molecule has 0 radical (unpaired) electrons. The third-order valence-electron chi connectivity index (χ3n) is 3.04. The molecule has 0 aromatic heterocycles. The van der Waals surface area contributed by atoms with Crippen molar-refractivity contribution in [3.63, 3.8) is 0 Å². The van der Waals surface area contributed by atoms with Crippen LogP contribution in [0.2, 0.25) is 0 Å². The normalized spacial score (nSPS) is 18.8. The van der Waals surface area contributed by atoms with Crippen molar-refractivity contribution in [2.45, 2.75) is 77.4 Å². The molecule has 100 valence electrons. The third-order valence-corrected chi connectivity index (χ3v) is 3.04. The first-order valence-electron chi connectivity index (χ1n) is 6.92. The van der Waals surface area contributed by atoms with Gasteiger partial charge in [-0.25, -0.2) is 0 Å². The summed E-state index contributed by atoms with van der Waals surface area (Å²) in [5, 5.41) is 3.48. The van der Waals surface area contributed by atoms with Gasteiger partial charge in [0.1, 0.15) is 5.60 Å². The lowest BCUT2D eigenvalue weighted by atomic mass is 10.1. The summed E-state index contributed by atoms with van der Waals surface area (Å²) in [5.74, 6) is -0.0985. The maximum Gasteiger partial charge on any atom is 0.307 e. The van der Waals surface area contributed by atoms with Gasteiger partial charge in [0.2, 0.25) is 0 Å². The van der Waals surface area contributed by atoms with Gasteiger partial charge in [0.15, 0.2) is 0 Å². The van der Waals surface area contributed by atoms with E-state index >= 15 is 0 Å². The molecule has 0 spiro atoms. The van der Waals surface area contributed by atoms with Gasteiger partial charge in [0.25, 0.3) is 0 Å². The Kier molecular flexibility index (Phi) is 5.96. The zero-order chi connectivity index (χ0) is 12.7. The molecule has 0 aromatic carbocycles. The summed E-state index contributed by atoms with van der Waals surface area (Å²) < 4.78 is 5.27.